The standard InChI is InChI=1S/C88H121N21O20/c1-8-47(5)72(84(126)100-61(22-16-38-96-88(93)94)75(117)99-60(21-15-37-95-87(91)92)76(118)106-68(86(128)129)42-53-27-33-57(112)34-28-53)109-85(127)73(48(6)9-2)108-82(124)65(41-52-25-31-56(111)32-26-52)103-78(120)63(40-51-23-29-55(110)30-24-51)102-80(122)67(44-69(90)113)104-79(121)66(43-54-45-97-59-20-14-13-19-58(54)59)105-83(125)71(46(3)4)107-81(123)64(39-50-17-11-10-12-18-50)101-77(119)62(35-36-70(114)115)98-74(116)49(7)89/h10-14,17-20,23-34,45-49,60-68,71-73,97,110-112H,8-9,15-16,21-22,35-44,89H2,1-7H3,(H2,90,113)(H,98,116)(H,99,117)(H,100,126)(H,101,119)(H,102,122)(H,103,120)(H,104,121)(H,105,125)(H,106,118)(H,107,123)(H,108,124)(H,109,127)(H,114,115)(H,128,129)(H4,91,92,95)(H4,93,94,96)/t47-,48-,49-,60-,61-,62-,63-,64-,65-,66-,67-,68-,71-,72-,73-/m0/s1. The summed E-state index contributed by atoms with van der Waals surface area (Å²) in [6, 6.07) is 11.4. The molecule has 1 aromatic heterocycles. The van der Waals surface area contributed by atoms with Crippen molar-refractivity contribution >= 4 is 112 Å². The largest absolute Gasteiger partial charge is 0.508 e. The number of aromatic nitrogens is 1. The fraction of sp³-hybridized carbons (Fsp3) is 0.443. The number of nitrogens with two attached hydrogens (primary N) is 4. The first-order valence-electron chi connectivity index (χ1n) is 42.3. The molecule has 0 bridgehead atoms. The molecule has 41 nitrogen and oxygen atoms in total. The monoisotopic (exact) mass is 1790 g/mol. The molecule has 129 heavy (non-hydrogen) atoms. The minimum absolute atomic E-state index is 0.0115. The number of amides is 13. The van der Waals surface area contributed by atoms with E-state index in [9.17, 15) is 73.5 Å². The maximum atomic E-state index is 15.4. The lowest BCUT2D eigenvalue weighted by Gasteiger charge is -2.31. The third-order valence-corrected chi connectivity index (χ3v) is 21.5. The fourth-order valence-corrected chi connectivity index (χ4v) is 13.7. The number of phenolic OH excluding ortho intramolecular Hbond substituents is 3. The van der Waals surface area contributed by atoms with Crippen molar-refractivity contribution in [3.8, 4) is 17.2 Å². The van der Waals surface area contributed by atoms with E-state index in [-0.39, 0.29) is 100 Å². The van der Waals surface area contributed by atoms with E-state index < -0.39 is 223 Å². The first-order chi connectivity index (χ1) is 61.1. The molecule has 30 N–H and O–H groups in total. The number of carboxylic acids is 2. The number of H-pyrrole nitrogens is 1. The molecule has 0 aliphatic rings. The van der Waals surface area contributed by atoms with Crippen molar-refractivity contribution in [3.63, 3.8) is 0 Å². The molecule has 6 rings (SSSR count). The second-order valence-electron chi connectivity index (χ2n) is 32.1. The van der Waals surface area contributed by atoms with Crippen LogP contribution in [0.1, 0.15) is 134 Å². The van der Waals surface area contributed by atoms with Crippen LogP contribution in [0, 0.1) is 28.6 Å². The Labute approximate surface area is 745 Å². The number of carbonyl (C=O) groups excluding carboxylic acids is 13. The van der Waals surface area contributed by atoms with Crippen molar-refractivity contribution in [3.05, 3.63) is 161 Å². The van der Waals surface area contributed by atoms with Gasteiger partial charge in [-0.05, 0) is 127 Å². The van der Waals surface area contributed by atoms with E-state index in [1.807, 2.05) is 0 Å². The molecule has 15 atom stereocenters. The summed E-state index contributed by atoms with van der Waals surface area (Å²) in [7, 11) is 0. The van der Waals surface area contributed by atoms with Gasteiger partial charge in [0, 0.05) is 68.7 Å². The van der Waals surface area contributed by atoms with Crippen LogP contribution in [0.4, 0.5) is 0 Å². The molecule has 0 saturated heterocycles. The highest BCUT2D eigenvalue weighted by atomic mass is 16.4. The lowest BCUT2D eigenvalue weighted by Crippen LogP contribution is -2.62. The predicted molar refractivity (Wildman–Crippen MR) is 475 cm³/mol. The van der Waals surface area contributed by atoms with Gasteiger partial charge in [-0.2, -0.15) is 0 Å². The van der Waals surface area contributed by atoms with Gasteiger partial charge in [-0.1, -0.05) is 139 Å². The maximum absolute atomic E-state index is 15.4. The van der Waals surface area contributed by atoms with Crippen molar-refractivity contribution in [1.82, 2.24) is 79.4 Å². The zero-order valence-electron chi connectivity index (χ0n) is 72.9. The Hall–Kier alpha value is -14.4. The van der Waals surface area contributed by atoms with Gasteiger partial charge < -0.3 is 128 Å². The lowest BCUT2D eigenvalue weighted by atomic mass is 9.94. The Bertz CT molecular complexity index is 4860. The summed E-state index contributed by atoms with van der Waals surface area (Å²) in [4.78, 5) is 217. The predicted octanol–water partition coefficient (Wildman–Crippen LogP) is -0.938. The highest BCUT2D eigenvalue weighted by Crippen LogP contribution is 2.23. The summed E-state index contributed by atoms with van der Waals surface area (Å²) in [6.07, 6.45) is -1.71. The molecular formula is C88H121N21O20. The summed E-state index contributed by atoms with van der Waals surface area (Å²) < 4.78 is 0. The number of aromatic amines is 1. The van der Waals surface area contributed by atoms with Crippen LogP contribution in [0.5, 0.6) is 17.2 Å². The van der Waals surface area contributed by atoms with E-state index in [1.165, 1.54) is 79.7 Å². The average Bonchev–Trinajstić information content (AvgIpc) is 1.37. The number of primary amides is 1. The third kappa shape index (κ3) is 34.5. The van der Waals surface area contributed by atoms with E-state index in [2.05, 4.69) is 79.4 Å². The van der Waals surface area contributed by atoms with E-state index in [0.717, 1.165) is 0 Å². The minimum atomic E-state index is -1.97. The summed E-state index contributed by atoms with van der Waals surface area (Å²) in [5.41, 5.74) is 25.3. The molecule has 41 heteroatoms. The molecule has 0 fully saturated rings. The van der Waals surface area contributed by atoms with Gasteiger partial charge in [0.1, 0.15) is 89.8 Å². The van der Waals surface area contributed by atoms with E-state index >= 15 is 24.0 Å². The Balaban J connectivity index is 1.31. The summed E-state index contributed by atoms with van der Waals surface area (Å²) >= 11 is 0. The number of carbonyl (C=O) groups is 15. The number of nitrogens with one attached hydrogen (secondary N) is 17. The number of para-hydroxylation sites is 1. The van der Waals surface area contributed by atoms with Gasteiger partial charge in [0.05, 0.1) is 12.5 Å². The van der Waals surface area contributed by atoms with E-state index in [4.69, 9.17) is 33.8 Å². The van der Waals surface area contributed by atoms with Crippen LogP contribution in [0.15, 0.2) is 134 Å². The molecule has 0 saturated carbocycles. The van der Waals surface area contributed by atoms with Gasteiger partial charge in [0.2, 0.25) is 76.8 Å². The van der Waals surface area contributed by atoms with Gasteiger partial charge in [-0.25, -0.2) is 4.79 Å². The van der Waals surface area contributed by atoms with E-state index in [0.29, 0.717) is 33.2 Å². The third-order valence-electron chi connectivity index (χ3n) is 21.5. The molecule has 0 spiro atoms. The summed E-state index contributed by atoms with van der Waals surface area (Å²) in [5.74, 6) is -19.3. The molecule has 698 valence electrons. The number of carboxylic acid groups (broad SMARTS) is 2. The molecule has 0 radical (unpaired) electrons. The normalized spacial score (nSPS) is 14.6. The van der Waals surface area contributed by atoms with Crippen molar-refractivity contribution < 1.29 is 97.5 Å². The van der Waals surface area contributed by atoms with Crippen LogP contribution in [0.2, 0.25) is 0 Å². The summed E-state index contributed by atoms with van der Waals surface area (Å²) in [5, 5.41) is 103. The van der Waals surface area contributed by atoms with Gasteiger partial charge in [0.25, 0.3) is 0 Å². The number of phenols is 3. The number of aliphatic carboxylic acids is 2. The summed E-state index contributed by atoms with van der Waals surface area (Å²) in [6.45, 7) is 11.2. The van der Waals surface area contributed by atoms with Crippen molar-refractivity contribution in [2.24, 2.45) is 40.7 Å². The van der Waals surface area contributed by atoms with Crippen molar-refractivity contribution in [2.45, 2.75) is 217 Å². The van der Waals surface area contributed by atoms with Gasteiger partial charge >= 0.3 is 11.9 Å². The number of benzene rings is 5. The SMILES string of the molecule is CC[C@H](C)[C@H](NC(=O)[C@H](Cc1ccc(O)cc1)NC(=O)[C@H](Cc1ccc(O)cc1)NC(=O)[C@H](CC(N)=O)NC(=O)[C@H](Cc1c[nH]c2ccccc12)NC(=O)[C@@H](NC(=O)[C@H](Cc1ccccc1)NC(=O)[C@H](CCC(=O)O)NC(=O)[C@H](C)N)C(C)C)C(=O)N[C@H](C(=O)N[C@@H](CCCNC(=N)N)C(=O)N[C@@H](CCCNC(=N)N)C(=O)N[C@@H](Cc1ccc(O)cc1)C(=O)O)[C@@H](C)CC. The molecule has 0 aliphatic heterocycles. The first kappa shape index (κ1) is 103. The van der Waals surface area contributed by atoms with Crippen molar-refractivity contribution in [1.29, 1.82) is 10.8 Å². The van der Waals surface area contributed by atoms with Crippen LogP contribution in [0.25, 0.3) is 10.9 Å². The number of rotatable bonds is 53. The molecule has 0 unspecified atom stereocenters. The average molecular weight is 1790 g/mol. The molecule has 6 aromatic rings. The fourth-order valence-electron chi connectivity index (χ4n) is 13.7. The molecule has 1 heterocycles. The molecule has 0 aliphatic carbocycles. The highest BCUT2D eigenvalue weighted by Gasteiger charge is 2.40. The van der Waals surface area contributed by atoms with Gasteiger partial charge in [0.15, 0.2) is 11.9 Å². The van der Waals surface area contributed by atoms with Crippen LogP contribution in [-0.2, 0) is 104 Å². The molecule has 5 aromatic carbocycles. The smallest absolute Gasteiger partial charge is 0.326 e. The van der Waals surface area contributed by atoms with Gasteiger partial charge in [-0.15, -0.1) is 0 Å². The van der Waals surface area contributed by atoms with Crippen LogP contribution in [0.3, 0.4) is 0 Å². The molecule has 13 amide bonds. The van der Waals surface area contributed by atoms with Gasteiger partial charge in [-0.3, -0.25) is 77.9 Å². The molecular weight excluding hydrogens is 1670 g/mol. The van der Waals surface area contributed by atoms with Crippen LogP contribution >= 0.6 is 0 Å². The number of fused-ring (bicyclic) bond motifs is 1. The Kier molecular flexibility index (Phi) is 41.1. The number of hydrogen-bond acceptors (Lipinski definition) is 21. The number of aromatic hydroxyl groups is 3. The second-order valence-corrected chi connectivity index (χ2v) is 32.1. The van der Waals surface area contributed by atoms with Crippen molar-refractivity contribution in [2.75, 3.05) is 13.1 Å². The number of guanidine groups is 2. The first-order valence-corrected chi connectivity index (χ1v) is 42.3. The minimum Gasteiger partial charge on any atom is -0.508 e. The lowest BCUT2D eigenvalue weighted by molar-refractivity contribution is -0.142. The van der Waals surface area contributed by atoms with Crippen LogP contribution < -0.4 is 97.4 Å². The topological polar surface area (TPSA) is 693 Å². The van der Waals surface area contributed by atoms with E-state index in [1.54, 1.807) is 102 Å². The Morgan fingerprint density at radius 2 is 0.698 bits per heavy atom. The Morgan fingerprint density at radius 3 is 1.12 bits per heavy atom. The van der Waals surface area contributed by atoms with Crippen LogP contribution in [-0.4, -0.2) is 223 Å². The highest BCUT2D eigenvalue weighted by molar-refractivity contribution is 6.01. The quantitative estimate of drug-likeness (QED) is 0.0124. The maximum Gasteiger partial charge on any atom is 0.326 e. The second kappa shape index (κ2) is 51.3. The number of hydrogen-bond donors (Lipinski definition) is 26. The zero-order valence-corrected chi connectivity index (χ0v) is 72.9. The zero-order chi connectivity index (χ0) is 95.3. The Morgan fingerprint density at radius 1 is 0.372 bits per heavy atom.